The first-order chi connectivity index (χ1) is 5.37. The van der Waals surface area contributed by atoms with Crippen molar-refractivity contribution in [3.8, 4) is 0 Å². The molecule has 0 unspecified atom stereocenters. The zero-order chi connectivity index (χ0) is 9.78. The molecule has 0 aromatic carbocycles. The third kappa shape index (κ3) is 5.13. The molecule has 1 N–H and O–H groups in total. The molecule has 0 heterocycles. The summed E-state index contributed by atoms with van der Waals surface area (Å²) < 4.78 is 0. The summed E-state index contributed by atoms with van der Waals surface area (Å²) >= 11 is 0. The van der Waals surface area contributed by atoms with Gasteiger partial charge in [-0.05, 0) is 11.8 Å². The second kappa shape index (κ2) is 4.45. The number of hydrogen-bond donors (Lipinski definition) is 1. The van der Waals surface area contributed by atoms with Crippen LogP contribution < -0.4 is 5.48 Å². The number of carbonyl (C=O) groups excluding carboxylic acids is 1. The summed E-state index contributed by atoms with van der Waals surface area (Å²) in [5, 5.41) is 0. The molecule has 3 heteroatoms. The highest BCUT2D eigenvalue weighted by Crippen LogP contribution is 2.23. The molecule has 0 aromatic rings. The number of hydrogen-bond acceptors (Lipinski definition) is 2. The van der Waals surface area contributed by atoms with E-state index in [1.54, 1.807) is 0 Å². The quantitative estimate of drug-likeness (QED) is 0.660. The van der Waals surface area contributed by atoms with Gasteiger partial charge < -0.3 is 0 Å². The third-order valence-corrected chi connectivity index (χ3v) is 1.57. The third-order valence-electron chi connectivity index (χ3n) is 1.57. The van der Waals surface area contributed by atoms with Gasteiger partial charge in [0.15, 0.2) is 0 Å². The Kier molecular flexibility index (Phi) is 4.24. The van der Waals surface area contributed by atoms with Crippen molar-refractivity contribution >= 4 is 5.91 Å². The molecule has 0 radical (unpaired) electrons. The molecule has 3 nitrogen and oxygen atoms in total. The van der Waals surface area contributed by atoms with Gasteiger partial charge in [0.05, 0.1) is 7.11 Å². The molecule has 1 atom stereocenters. The maximum Gasteiger partial charge on any atom is 0.246 e. The van der Waals surface area contributed by atoms with Crippen LogP contribution in [0.3, 0.4) is 0 Å². The van der Waals surface area contributed by atoms with Crippen LogP contribution in [0.5, 0.6) is 0 Å². The van der Waals surface area contributed by atoms with Gasteiger partial charge in [-0.2, -0.15) is 0 Å². The molecule has 0 fully saturated rings. The lowest BCUT2D eigenvalue weighted by Gasteiger charge is -2.21. The summed E-state index contributed by atoms with van der Waals surface area (Å²) in [5.41, 5.74) is 2.51. The lowest BCUT2D eigenvalue weighted by atomic mass is 9.85. The summed E-state index contributed by atoms with van der Waals surface area (Å²) in [4.78, 5) is 15.7. The van der Waals surface area contributed by atoms with Crippen LogP contribution in [0.4, 0.5) is 0 Å². The van der Waals surface area contributed by atoms with Gasteiger partial charge in [-0.15, -0.1) is 0 Å². The SMILES string of the molecule is CONC(=O)[C@H](C)CC(C)(C)C. The molecule has 0 aliphatic carbocycles. The highest BCUT2D eigenvalue weighted by Gasteiger charge is 2.20. The van der Waals surface area contributed by atoms with Crippen molar-refractivity contribution in [2.45, 2.75) is 34.1 Å². The molecule has 0 aliphatic rings. The first-order valence-electron chi connectivity index (χ1n) is 4.19. The highest BCUT2D eigenvalue weighted by molar-refractivity contribution is 5.77. The van der Waals surface area contributed by atoms with E-state index in [0.29, 0.717) is 0 Å². The number of amides is 1. The average molecular weight is 173 g/mol. The van der Waals surface area contributed by atoms with Crippen LogP contribution >= 0.6 is 0 Å². The lowest BCUT2D eigenvalue weighted by Crippen LogP contribution is -2.30. The van der Waals surface area contributed by atoms with Crippen LogP contribution in [0.25, 0.3) is 0 Å². The summed E-state index contributed by atoms with van der Waals surface area (Å²) in [6, 6.07) is 0. The first kappa shape index (κ1) is 11.4. The molecule has 0 spiro atoms. The molecular formula is C9H19NO2. The van der Waals surface area contributed by atoms with E-state index in [1.807, 2.05) is 6.92 Å². The van der Waals surface area contributed by atoms with Crippen LogP contribution in [0.2, 0.25) is 0 Å². The average Bonchev–Trinajstić information content (AvgIpc) is 1.84. The van der Waals surface area contributed by atoms with Crippen molar-refractivity contribution in [2.75, 3.05) is 7.11 Å². The van der Waals surface area contributed by atoms with Crippen LogP contribution in [0.15, 0.2) is 0 Å². The monoisotopic (exact) mass is 173 g/mol. The number of nitrogens with one attached hydrogen (secondary N) is 1. The smallest absolute Gasteiger partial charge is 0.246 e. The van der Waals surface area contributed by atoms with Gasteiger partial charge in [0, 0.05) is 5.92 Å². The summed E-state index contributed by atoms with van der Waals surface area (Å²) in [7, 11) is 1.45. The molecule has 0 aliphatic heterocycles. The van der Waals surface area contributed by atoms with Crippen LogP contribution in [-0.2, 0) is 9.63 Å². The lowest BCUT2D eigenvalue weighted by molar-refractivity contribution is -0.135. The van der Waals surface area contributed by atoms with E-state index in [-0.39, 0.29) is 17.2 Å². The Morgan fingerprint density at radius 3 is 2.33 bits per heavy atom. The zero-order valence-electron chi connectivity index (χ0n) is 8.60. The maximum absolute atomic E-state index is 11.2. The standard InChI is InChI=1S/C9H19NO2/c1-7(6-9(2,3)4)8(11)10-12-5/h7H,6H2,1-5H3,(H,10,11)/t7-/m1/s1. The molecule has 1 amide bonds. The highest BCUT2D eigenvalue weighted by atomic mass is 16.6. The largest absolute Gasteiger partial charge is 0.277 e. The summed E-state index contributed by atoms with van der Waals surface area (Å²) in [6.07, 6.45) is 0.863. The van der Waals surface area contributed by atoms with Crippen molar-refractivity contribution in [1.29, 1.82) is 0 Å². The Balaban J connectivity index is 3.87. The molecule has 0 aromatic heterocycles. The van der Waals surface area contributed by atoms with Gasteiger partial charge in [-0.1, -0.05) is 27.7 Å². The van der Waals surface area contributed by atoms with Gasteiger partial charge >= 0.3 is 0 Å². The van der Waals surface area contributed by atoms with Crippen molar-refractivity contribution in [3.63, 3.8) is 0 Å². The number of hydroxylamine groups is 1. The molecule has 0 saturated heterocycles. The summed E-state index contributed by atoms with van der Waals surface area (Å²) in [6.45, 7) is 8.25. The van der Waals surface area contributed by atoms with Gasteiger partial charge in [-0.25, -0.2) is 5.48 Å². The predicted molar refractivity (Wildman–Crippen MR) is 48.4 cm³/mol. The minimum Gasteiger partial charge on any atom is -0.277 e. The molecular weight excluding hydrogens is 154 g/mol. The van der Waals surface area contributed by atoms with Crippen LogP contribution in [0, 0.1) is 11.3 Å². The zero-order valence-corrected chi connectivity index (χ0v) is 8.60. The van der Waals surface area contributed by atoms with E-state index in [1.165, 1.54) is 7.11 Å². The number of rotatable bonds is 3. The fourth-order valence-electron chi connectivity index (χ4n) is 1.21. The van der Waals surface area contributed by atoms with E-state index in [0.717, 1.165) is 6.42 Å². The Morgan fingerprint density at radius 1 is 1.50 bits per heavy atom. The minimum atomic E-state index is -0.0487. The summed E-state index contributed by atoms with van der Waals surface area (Å²) in [5.74, 6) is -0.0441. The van der Waals surface area contributed by atoms with Crippen LogP contribution in [-0.4, -0.2) is 13.0 Å². The van der Waals surface area contributed by atoms with Crippen molar-refractivity contribution < 1.29 is 9.63 Å². The van der Waals surface area contributed by atoms with Crippen molar-refractivity contribution in [2.24, 2.45) is 11.3 Å². The Hall–Kier alpha value is -0.570. The topological polar surface area (TPSA) is 38.3 Å². The molecule has 0 rings (SSSR count). The van der Waals surface area contributed by atoms with E-state index in [9.17, 15) is 4.79 Å². The van der Waals surface area contributed by atoms with Crippen LogP contribution in [0.1, 0.15) is 34.1 Å². The predicted octanol–water partition coefficient (Wildman–Crippen LogP) is 1.74. The van der Waals surface area contributed by atoms with E-state index in [2.05, 4.69) is 31.1 Å². The van der Waals surface area contributed by atoms with Gasteiger partial charge in [0.2, 0.25) is 5.91 Å². The Morgan fingerprint density at radius 2 is 2.00 bits per heavy atom. The number of carbonyl (C=O) groups is 1. The van der Waals surface area contributed by atoms with Crippen molar-refractivity contribution in [3.05, 3.63) is 0 Å². The van der Waals surface area contributed by atoms with Gasteiger partial charge in [0.1, 0.15) is 0 Å². The molecule has 0 saturated carbocycles. The van der Waals surface area contributed by atoms with E-state index in [4.69, 9.17) is 0 Å². The second-order valence-corrected chi connectivity index (χ2v) is 4.34. The van der Waals surface area contributed by atoms with E-state index >= 15 is 0 Å². The van der Waals surface area contributed by atoms with E-state index < -0.39 is 0 Å². The normalized spacial score (nSPS) is 14.1. The fourth-order valence-corrected chi connectivity index (χ4v) is 1.21. The van der Waals surface area contributed by atoms with Gasteiger partial charge in [-0.3, -0.25) is 9.63 Å². The Bertz CT molecular complexity index is 149. The Labute approximate surface area is 74.4 Å². The first-order valence-corrected chi connectivity index (χ1v) is 4.19. The second-order valence-electron chi connectivity index (χ2n) is 4.34. The maximum atomic E-state index is 11.2. The van der Waals surface area contributed by atoms with Gasteiger partial charge in [0.25, 0.3) is 0 Å². The molecule has 12 heavy (non-hydrogen) atoms. The molecule has 0 bridgehead atoms. The molecule has 72 valence electrons. The van der Waals surface area contributed by atoms with Crippen molar-refractivity contribution in [1.82, 2.24) is 5.48 Å². The minimum absolute atomic E-state index is 0.00458. The fraction of sp³-hybridized carbons (Fsp3) is 0.889.